The molecule has 4 atom stereocenters. The van der Waals surface area contributed by atoms with Gasteiger partial charge >= 0.3 is 12.1 Å². The summed E-state index contributed by atoms with van der Waals surface area (Å²) in [5, 5.41) is 7.65. The van der Waals surface area contributed by atoms with E-state index in [4.69, 9.17) is 15.4 Å². The van der Waals surface area contributed by atoms with Gasteiger partial charge in [0.05, 0.1) is 6.33 Å². The van der Waals surface area contributed by atoms with Crippen LogP contribution in [0.25, 0.3) is 10.8 Å². The molecule has 0 saturated heterocycles. The van der Waals surface area contributed by atoms with Crippen molar-refractivity contribution in [3.05, 3.63) is 138 Å². The summed E-state index contributed by atoms with van der Waals surface area (Å²) in [5.74, 6) is -1.60. The van der Waals surface area contributed by atoms with Gasteiger partial charge in [0.2, 0.25) is 25.6 Å². The molecule has 0 aliphatic carbocycles. The fraction of sp³-hybridized carbons (Fsp3) is 0.268. The number of ether oxygens (including phenoxy) is 2. The van der Waals surface area contributed by atoms with Crippen LogP contribution in [-0.2, 0) is 54.4 Å². The van der Waals surface area contributed by atoms with Crippen molar-refractivity contribution in [2.24, 2.45) is 5.92 Å². The van der Waals surface area contributed by atoms with Gasteiger partial charge in [-0.25, -0.2) is 14.6 Å². The molecule has 286 valence electrons. The number of hydrogen-bond donors (Lipinski definition) is 4. The Morgan fingerprint density at radius 2 is 1.45 bits per heavy atom. The minimum Gasteiger partial charge on any atom is -0.603 e. The van der Waals surface area contributed by atoms with Crippen molar-refractivity contribution in [3.63, 3.8) is 0 Å². The van der Waals surface area contributed by atoms with Gasteiger partial charge in [0, 0.05) is 24.7 Å². The number of carbonyl (C=O) groups is 4. The van der Waals surface area contributed by atoms with E-state index in [0.29, 0.717) is 22.1 Å². The van der Waals surface area contributed by atoms with Crippen LogP contribution in [0, 0.1) is 5.92 Å². The number of H-pyrrole nitrogens is 1. The van der Waals surface area contributed by atoms with Crippen molar-refractivity contribution in [3.8, 4) is 0 Å². The molecule has 4 aromatic carbocycles. The monoisotopic (exact) mass is 766 g/mol. The summed E-state index contributed by atoms with van der Waals surface area (Å²) >= 11 is 0. The van der Waals surface area contributed by atoms with Gasteiger partial charge in [-0.15, -0.1) is 0 Å². The van der Waals surface area contributed by atoms with Crippen molar-refractivity contribution in [2.45, 2.75) is 64.6 Å². The third kappa shape index (κ3) is 13.2. The fourth-order valence-electron chi connectivity index (χ4n) is 5.68. The minimum atomic E-state index is -2.72. The summed E-state index contributed by atoms with van der Waals surface area (Å²) in [6, 6.07) is 28.3. The van der Waals surface area contributed by atoms with Crippen LogP contribution >= 0.6 is 8.00 Å². The number of alkyl carbamates (subject to hydrolysis) is 1. The van der Waals surface area contributed by atoms with E-state index in [2.05, 4.69) is 20.6 Å². The summed E-state index contributed by atoms with van der Waals surface area (Å²) in [4.78, 5) is 73.8. The third-order valence-corrected chi connectivity index (χ3v) is 9.21. The lowest BCUT2D eigenvalue weighted by Crippen LogP contribution is -2.56. The number of aromatic nitrogens is 2. The van der Waals surface area contributed by atoms with Gasteiger partial charge in [-0.1, -0.05) is 117 Å². The number of imidazole rings is 1. The van der Waals surface area contributed by atoms with Crippen LogP contribution < -0.4 is 20.8 Å². The first kappa shape index (κ1) is 38.8. The van der Waals surface area contributed by atoms with Crippen LogP contribution in [0.5, 0.6) is 0 Å². The van der Waals surface area contributed by atoms with Crippen molar-refractivity contribution >= 4 is 48.4 Å². The number of esters is 1. The van der Waals surface area contributed by atoms with Crippen molar-refractivity contribution in [2.75, 3.05) is 0 Å². The molecule has 1 heterocycles. The Morgan fingerprint density at radius 1 is 0.818 bits per heavy atom. The summed E-state index contributed by atoms with van der Waals surface area (Å²) in [6.45, 7) is 3.59. The van der Waals surface area contributed by atoms with Gasteiger partial charge < -0.3 is 35.3 Å². The van der Waals surface area contributed by atoms with Crippen LogP contribution in [0.15, 0.2) is 116 Å². The van der Waals surface area contributed by atoms with Crippen LogP contribution in [-0.4, -0.2) is 58.0 Å². The van der Waals surface area contributed by atoms with Crippen LogP contribution in [0.1, 0.15) is 42.7 Å². The number of hydrogen-bond acceptors (Lipinski definition) is 9. The molecule has 0 spiro atoms. The molecule has 0 fully saturated rings. The molecule has 0 radical (unpaired) electrons. The molecule has 0 aliphatic rings. The van der Waals surface area contributed by atoms with E-state index in [1.165, 1.54) is 12.5 Å². The van der Waals surface area contributed by atoms with Crippen molar-refractivity contribution in [1.29, 1.82) is 0 Å². The number of rotatable bonds is 18. The summed E-state index contributed by atoms with van der Waals surface area (Å²) in [7, 11) is -2.72. The molecule has 1 aromatic heterocycles. The van der Waals surface area contributed by atoms with E-state index in [-0.39, 0.29) is 38.4 Å². The van der Waals surface area contributed by atoms with Gasteiger partial charge in [-0.3, -0.25) is 9.59 Å². The quantitative estimate of drug-likeness (QED) is 0.0550. The summed E-state index contributed by atoms with van der Waals surface area (Å²) in [5.41, 5.74) is 2.64. The number of benzene rings is 4. The summed E-state index contributed by atoms with van der Waals surface area (Å²) < 4.78 is 25.1. The maximum Gasteiger partial charge on any atom is 0.408 e. The largest absolute Gasteiger partial charge is 0.603 e. The highest BCUT2D eigenvalue weighted by Gasteiger charge is 2.31. The second-order valence-electron chi connectivity index (χ2n) is 13.1. The Balaban J connectivity index is 1.35. The topological polar surface area (TPSA) is 184 Å². The average molecular weight is 767 g/mol. The Hall–Kier alpha value is -5.88. The molecule has 0 bridgehead atoms. The average Bonchev–Trinajstić information content (AvgIpc) is 3.71. The van der Waals surface area contributed by atoms with E-state index in [9.17, 15) is 24.1 Å². The zero-order valence-electron chi connectivity index (χ0n) is 31.5. The predicted molar refractivity (Wildman–Crippen MR) is 207 cm³/mol. The highest BCUT2D eigenvalue weighted by molar-refractivity contribution is 7.47. The van der Waals surface area contributed by atoms with Gasteiger partial charge in [0.1, 0.15) is 25.3 Å². The number of aromatic amines is 1. The van der Waals surface area contributed by atoms with Gasteiger partial charge in [-0.05, 0) is 39.8 Å². The smallest absolute Gasteiger partial charge is 0.408 e. The van der Waals surface area contributed by atoms with E-state index >= 15 is 0 Å². The first-order valence-electron chi connectivity index (χ1n) is 18.2. The molecular weight excluding hydrogens is 721 g/mol. The van der Waals surface area contributed by atoms with Crippen LogP contribution in [0.3, 0.4) is 0 Å². The van der Waals surface area contributed by atoms with E-state index in [0.717, 1.165) is 22.1 Å². The van der Waals surface area contributed by atoms with E-state index < -0.39 is 50.2 Å². The van der Waals surface area contributed by atoms with Crippen LogP contribution in [0.2, 0.25) is 1.41 Å². The number of amides is 3. The molecule has 14 heteroatoms. The summed E-state index contributed by atoms with van der Waals surface area (Å²) in [6.07, 6.45) is 0.799. The third-order valence-electron chi connectivity index (χ3n) is 8.33. The minimum absolute atomic E-state index is 0.0253. The fourth-order valence-corrected chi connectivity index (χ4v) is 6.37. The molecule has 3 amide bonds. The SMILES string of the molecule is [2H]N(C(=O)OCc1ccccc1)[C@H](Cc1cccc2ccccc12)C(=O)N[C@@H](Cc1cnc[nH]1)C(=O)N[C@H](CC(C)C)O[P+]([O-])=CC(=O)OCc1ccccc1. The zero-order chi connectivity index (χ0) is 39.9. The number of fused-ring (bicyclic) bond motifs is 1. The van der Waals surface area contributed by atoms with E-state index in [1.54, 1.807) is 48.5 Å². The molecule has 5 aromatic rings. The highest BCUT2D eigenvalue weighted by Crippen LogP contribution is 2.21. The van der Waals surface area contributed by atoms with Gasteiger partial charge in [0.15, 0.2) is 7.64 Å². The maximum absolute atomic E-state index is 14.3. The second-order valence-corrected chi connectivity index (χ2v) is 14.1. The number of carbonyl (C=O) groups excluding carboxylic acids is 4. The Labute approximate surface area is 321 Å². The normalized spacial score (nSPS) is 13.3. The molecule has 5 rings (SSSR count). The lowest BCUT2D eigenvalue weighted by Gasteiger charge is -2.25. The first-order chi connectivity index (χ1) is 27.0. The Kier molecular flexibility index (Phi) is 14.5. The van der Waals surface area contributed by atoms with E-state index in [1.807, 2.05) is 68.4 Å². The maximum atomic E-state index is 14.3. The van der Waals surface area contributed by atoms with Gasteiger partial charge in [-0.2, -0.15) is 4.52 Å². The molecule has 55 heavy (non-hydrogen) atoms. The highest BCUT2D eigenvalue weighted by atomic mass is 31.1. The number of nitrogens with zero attached hydrogens (tertiary/aromatic N) is 1. The zero-order valence-corrected chi connectivity index (χ0v) is 31.4. The molecule has 0 saturated carbocycles. The number of nitrogens with one attached hydrogen (secondary N) is 4. The lowest BCUT2D eigenvalue weighted by atomic mass is 9.98. The Morgan fingerprint density at radius 3 is 2.13 bits per heavy atom. The molecular formula is C41H44N5O8P. The standard InChI is InChI=1S/C41H44N5O8P/c1-28(2)20-37(54-55(51)26-38(47)52-24-29-12-5-3-6-13-29)46-40(49)36(22-33-23-42-27-43-33)44-39(48)35(45-41(50)53-25-30-14-7-4-8-15-30)21-32-18-11-17-31-16-9-10-19-34(31)32/h3-19,23,26-28,35-37H,20-22,24-25H2,1-2H3,(H,42,43)(H,44,48)(H,45,50)(H,46,49)/t35-,36+,37+/m1/s1/i/hD. The van der Waals surface area contributed by atoms with Crippen LogP contribution in [0.4, 0.5) is 4.79 Å². The molecule has 1 unspecified atom stereocenters. The van der Waals surface area contributed by atoms with Gasteiger partial charge in [0.25, 0.3) is 0 Å². The Bertz CT molecular complexity index is 2080. The second kappa shape index (κ2) is 20.5. The molecule has 4 N–H and O–H groups in total. The molecule has 13 nitrogen and oxygen atoms in total. The lowest BCUT2D eigenvalue weighted by molar-refractivity contribution is -0.177. The molecule has 0 aliphatic heterocycles. The first-order valence-corrected chi connectivity index (χ1v) is 19.0. The van der Waals surface area contributed by atoms with Crippen molar-refractivity contribution in [1.82, 2.24) is 25.9 Å². The van der Waals surface area contributed by atoms with Crippen molar-refractivity contribution < 1.29 is 39.5 Å². The predicted octanol–water partition coefficient (Wildman–Crippen LogP) is 4.85.